The van der Waals surface area contributed by atoms with Crippen LogP contribution in [0.15, 0.2) is 67.0 Å². The first kappa shape index (κ1) is 28.2. The molecule has 0 aliphatic carbocycles. The predicted molar refractivity (Wildman–Crippen MR) is 143 cm³/mol. The van der Waals surface area contributed by atoms with Crippen LogP contribution in [0.3, 0.4) is 0 Å². The van der Waals surface area contributed by atoms with Gasteiger partial charge in [-0.25, -0.2) is 8.78 Å². The third kappa shape index (κ3) is 7.37. The van der Waals surface area contributed by atoms with Crippen LogP contribution in [0.2, 0.25) is 0 Å². The number of carbonyl (C=O) groups excluding carboxylic acids is 3. The third-order valence-electron chi connectivity index (χ3n) is 6.03. The van der Waals surface area contributed by atoms with Crippen molar-refractivity contribution in [3.8, 4) is 22.9 Å². The SMILES string of the molecule is COC(=O)CCNC(=O)c1c[nH]c(-c2cc(Oc3ccc(CC(=O)Cc4cc(C)ccc4F)c(F)c3)ccn2)c1. The Morgan fingerprint density at radius 2 is 1.70 bits per heavy atom. The van der Waals surface area contributed by atoms with Crippen molar-refractivity contribution in [1.82, 2.24) is 15.3 Å². The molecule has 206 valence electrons. The van der Waals surface area contributed by atoms with Crippen LogP contribution in [0.4, 0.5) is 8.78 Å². The molecule has 8 nitrogen and oxygen atoms in total. The molecule has 0 aliphatic heterocycles. The van der Waals surface area contributed by atoms with Crippen LogP contribution in [-0.4, -0.2) is 41.3 Å². The summed E-state index contributed by atoms with van der Waals surface area (Å²) in [5, 5.41) is 2.63. The van der Waals surface area contributed by atoms with E-state index in [-0.39, 0.29) is 54.4 Å². The molecule has 0 saturated heterocycles. The quantitative estimate of drug-likeness (QED) is 0.253. The zero-order chi connectivity index (χ0) is 28.6. The molecule has 2 heterocycles. The first-order valence-electron chi connectivity index (χ1n) is 12.4. The minimum Gasteiger partial charge on any atom is -0.469 e. The maximum absolute atomic E-state index is 14.8. The lowest BCUT2D eigenvalue weighted by Gasteiger charge is -2.09. The summed E-state index contributed by atoms with van der Waals surface area (Å²) in [7, 11) is 1.28. The van der Waals surface area contributed by atoms with Crippen molar-refractivity contribution in [1.29, 1.82) is 0 Å². The van der Waals surface area contributed by atoms with Crippen LogP contribution >= 0.6 is 0 Å². The van der Waals surface area contributed by atoms with Gasteiger partial charge in [0.25, 0.3) is 5.91 Å². The van der Waals surface area contributed by atoms with Gasteiger partial charge in [-0.15, -0.1) is 0 Å². The van der Waals surface area contributed by atoms with Crippen LogP contribution in [0.5, 0.6) is 11.5 Å². The monoisotopic (exact) mass is 547 g/mol. The van der Waals surface area contributed by atoms with E-state index in [0.29, 0.717) is 22.7 Å². The van der Waals surface area contributed by atoms with Crippen LogP contribution < -0.4 is 10.1 Å². The number of hydrogen-bond acceptors (Lipinski definition) is 6. The standard InChI is InChI=1S/C30H27F2N3O5/c1-18-3-6-25(31)20(11-18)13-22(36)12-19-4-5-23(15-26(19)32)40-24-7-9-33-28(16-24)27-14-21(17-35-27)30(38)34-10-8-29(37)39-2/h3-7,9,11,14-17,35H,8,10,12-13H2,1-2H3,(H,34,38). The number of hydrogen-bond donors (Lipinski definition) is 2. The summed E-state index contributed by atoms with van der Waals surface area (Å²) in [5.41, 5.74) is 2.69. The molecule has 0 fully saturated rings. The van der Waals surface area contributed by atoms with Gasteiger partial charge >= 0.3 is 5.97 Å². The van der Waals surface area contributed by atoms with Crippen molar-refractivity contribution >= 4 is 17.7 Å². The summed E-state index contributed by atoms with van der Waals surface area (Å²) in [4.78, 5) is 43.2. The lowest BCUT2D eigenvalue weighted by Crippen LogP contribution is -2.25. The average Bonchev–Trinajstić information content (AvgIpc) is 3.43. The van der Waals surface area contributed by atoms with Gasteiger partial charge in [0.15, 0.2) is 0 Å². The second-order valence-corrected chi connectivity index (χ2v) is 9.10. The third-order valence-corrected chi connectivity index (χ3v) is 6.03. The number of H-pyrrole nitrogens is 1. The summed E-state index contributed by atoms with van der Waals surface area (Å²) < 4.78 is 39.1. The first-order valence-corrected chi connectivity index (χ1v) is 12.4. The number of halogens is 2. The number of carbonyl (C=O) groups is 3. The molecule has 0 unspecified atom stereocenters. The van der Waals surface area contributed by atoms with Crippen molar-refractivity contribution in [3.63, 3.8) is 0 Å². The molecule has 2 aromatic carbocycles. The molecule has 2 N–H and O–H groups in total. The molecule has 0 atom stereocenters. The smallest absolute Gasteiger partial charge is 0.307 e. The Morgan fingerprint density at radius 3 is 2.48 bits per heavy atom. The Hall–Kier alpha value is -4.86. The molecule has 0 spiro atoms. The Bertz CT molecular complexity index is 1550. The molecule has 2 aromatic heterocycles. The number of ether oxygens (including phenoxy) is 2. The number of methoxy groups -OCH3 is 1. The van der Waals surface area contributed by atoms with Crippen molar-refractivity contribution < 1.29 is 32.6 Å². The topological polar surface area (TPSA) is 110 Å². The van der Waals surface area contributed by atoms with Gasteiger partial charge in [0.2, 0.25) is 0 Å². The Kier molecular flexibility index (Phi) is 9.00. The van der Waals surface area contributed by atoms with Gasteiger partial charge in [-0.05, 0) is 42.3 Å². The van der Waals surface area contributed by atoms with Crippen molar-refractivity contribution in [3.05, 3.63) is 101 Å². The first-order chi connectivity index (χ1) is 19.2. The molecule has 0 radical (unpaired) electrons. The van der Waals surface area contributed by atoms with E-state index in [0.717, 1.165) is 5.56 Å². The number of ketones is 1. The summed E-state index contributed by atoms with van der Waals surface area (Å²) in [5.74, 6) is -1.58. The Morgan fingerprint density at radius 1 is 0.925 bits per heavy atom. The normalized spacial score (nSPS) is 10.7. The summed E-state index contributed by atoms with van der Waals surface area (Å²) in [6, 6.07) is 13.6. The van der Waals surface area contributed by atoms with Gasteiger partial charge in [0, 0.05) is 43.9 Å². The Balaban J connectivity index is 1.38. The number of aromatic nitrogens is 2. The number of Topliss-reactive ketones (excluding diaryl/α,β-unsaturated/α-hetero) is 1. The molecular weight excluding hydrogens is 520 g/mol. The molecule has 0 bridgehead atoms. The van der Waals surface area contributed by atoms with Crippen LogP contribution in [0, 0.1) is 18.6 Å². The highest BCUT2D eigenvalue weighted by molar-refractivity contribution is 5.95. The Labute approximate surface area is 229 Å². The molecule has 40 heavy (non-hydrogen) atoms. The number of aromatic amines is 1. The fourth-order valence-electron chi connectivity index (χ4n) is 3.97. The zero-order valence-corrected chi connectivity index (χ0v) is 21.9. The minimum absolute atomic E-state index is 0.0612. The predicted octanol–water partition coefficient (Wildman–Crippen LogP) is 5.10. The fourth-order valence-corrected chi connectivity index (χ4v) is 3.97. The maximum atomic E-state index is 14.8. The minimum atomic E-state index is -0.614. The largest absolute Gasteiger partial charge is 0.469 e. The van der Waals surface area contributed by atoms with Gasteiger partial charge in [-0.2, -0.15) is 0 Å². The fraction of sp³-hybridized carbons (Fsp3) is 0.200. The second-order valence-electron chi connectivity index (χ2n) is 9.10. The van der Waals surface area contributed by atoms with Crippen molar-refractivity contribution in [2.45, 2.75) is 26.2 Å². The number of pyridine rings is 1. The molecule has 10 heteroatoms. The summed E-state index contributed by atoms with van der Waals surface area (Å²) in [6.45, 7) is 1.95. The van der Waals surface area contributed by atoms with E-state index >= 15 is 0 Å². The van der Waals surface area contributed by atoms with E-state index < -0.39 is 17.6 Å². The van der Waals surface area contributed by atoms with Crippen LogP contribution in [0.1, 0.15) is 33.5 Å². The van der Waals surface area contributed by atoms with Gasteiger partial charge in [-0.1, -0.05) is 23.8 Å². The van der Waals surface area contributed by atoms with Gasteiger partial charge in [-0.3, -0.25) is 19.4 Å². The summed E-state index contributed by atoms with van der Waals surface area (Å²) >= 11 is 0. The summed E-state index contributed by atoms with van der Waals surface area (Å²) in [6.07, 6.45) is 2.78. The molecule has 4 rings (SSSR count). The van der Waals surface area contributed by atoms with Crippen molar-refractivity contribution in [2.24, 2.45) is 0 Å². The number of amides is 1. The number of aryl methyl sites for hydroxylation is 1. The highest BCUT2D eigenvalue weighted by atomic mass is 19.1. The highest BCUT2D eigenvalue weighted by Gasteiger charge is 2.14. The number of nitrogens with one attached hydrogen (secondary N) is 2. The zero-order valence-electron chi connectivity index (χ0n) is 21.9. The van der Waals surface area contributed by atoms with Crippen molar-refractivity contribution in [2.75, 3.05) is 13.7 Å². The van der Waals surface area contributed by atoms with Gasteiger partial charge in [0.05, 0.1) is 30.5 Å². The van der Waals surface area contributed by atoms with E-state index in [1.54, 1.807) is 36.4 Å². The number of benzene rings is 2. The van der Waals surface area contributed by atoms with E-state index in [1.165, 1.54) is 37.7 Å². The van der Waals surface area contributed by atoms with Crippen LogP contribution in [-0.2, 0) is 27.2 Å². The molecule has 0 saturated carbocycles. The van der Waals surface area contributed by atoms with E-state index in [9.17, 15) is 23.2 Å². The van der Waals surface area contributed by atoms with Gasteiger partial charge in [0.1, 0.15) is 28.9 Å². The van der Waals surface area contributed by atoms with Crippen LogP contribution in [0.25, 0.3) is 11.4 Å². The number of nitrogens with zero attached hydrogens (tertiary/aromatic N) is 1. The number of esters is 1. The van der Waals surface area contributed by atoms with E-state index in [2.05, 4.69) is 20.0 Å². The maximum Gasteiger partial charge on any atom is 0.307 e. The second kappa shape index (κ2) is 12.8. The lowest BCUT2D eigenvalue weighted by atomic mass is 10.0. The van der Waals surface area contributed by atoms with Gasteiger partial charge < -0.3 is 19.8 Å². The molecular formula is C30H27F2N3O5. The highest BCUT2D eigenvalue weighted by Crippen LogP contribution is 2.27. The lowest BCUT2D eigenvalue weighted by molar-refractivity contribution is -0.140. The van der Waals surface area contributed by atoms with E-state index in [4.69, 9.17) is 4.74 Å². The molecule has 4 aromatic rings. The average molecular weight is 548 g/mol. The molecule has 0 aliphatic rings. The van der Waals surface area contributed by atoms with E-state index in [1.807, 2.05) is 6.92 Å². The molecule has 1 amide bonds. The number of rotatable bonds is 11.